The van der Waals surface area contributed by atoms with Gasteiger partial charge in [0.1, 0.15) is 5.52 Å². The highest BCUT2D eigenvalue weighted by Gasteiger charge is 2.25. The number of carbonyl (C=O) groups is 1. The van der Waals surface area contributed by atoms with Gasteiger partial charge in [-0.1, -0.05) is 0 Å². The fourth-order valence-electron chi connectivity index (χ4n) is 4.05. The molecule has 4 aromatic heterocycles. The monoisotopic (exact) mass is 402 g/mol. The summed E-state index contributed by atoms with van der Waals surface area (Å²) in [7, 11) is 0. The molecule has 5 heterocycles. The van der Waals surface area contributed by atoms with Crippen molar-refractivity contribution in [2.75, 3.05) is 13.1 Å². The summed E-state index contributed by atoms with van der Waals surface area (Å²) in [6.07, 6.45) is 6.34. The molecule has 10 nitrogen and oxygen atoms in total. The van der Waals surface area contributed by atoms with Crippen molar-refractivity contribution in [1.29, 1.82) is 5.26 Å². The Kier molecular flexibility index (Phi) is 4.10. The molecule has 0 aliphatic carbocycles. The fourth-order valence-corrected chi connectivity index (χ4v) is 4.05. The van der Waals surface area contributed by atoms with E-state index in [-0.39, 0.29) is 17.6 Å². The van der Waals surface area contributed by atoms with Gasteiger partial charge in [0.05, 0.1) is 35.1 Å². The van der Waals surface area contributed by atoms with Crippen molar-refractivity contribution in [2.45, 2.75) is 25.8 Å². The number of likely N-dealkylation sites (tertiary alicyclic amines) is 1. The minimum Gasteiger partial charge on any atom is -0.343 e. The number of nitriles is 1. The maximum absolute atomic E-state index is 12.7. The van der Waals surface area contributed by atoms with Gasteiger partial charge in [-0.15, -0.1) is 0 Å². The Morgan fingerprint density at radius 1 is 1.30 bits per heavy atom. The van der Waals surface area contributed by atoms with Crippen molar-refractivity contribution in [2.24, 2.45) is 0 Å². The molecule has 1 saturated heterocycles. The maximum atomic E-state index is 12.7. The van der Waals surface area contributed by atoms with Crippen molar-refractivity contribution in [3.63, 3.8) is 0 Å². The number of pyridine rings is 1. The average molecular weight is 402 g/mol. The first kappa shape index (κ1) is 18.1. The van der Waals surface area contributed by atoms with Crippen LogP contribution in [0.25, 0.3) is 28.1 Å². The molecule has 1 aliphatic heterocycles. The summed E-state index contributed by atoms with van der Waals surface area (Å²) >= 11 is 0. The number of nitrogens with zero attached hydrogens (tertiary/aromatic N) is 7. The zero-order chi connectivity index (χ0) is 20.8. The van der Waals surface area contributed by atoms with Gasteiger partial charge in [0.25, 0.3) is 0 Å². The predicted octanol–water partition coefficient (Wildman–Crippen LogP) is 1.49. The van der Waals surface area contributed by atoms with Crippen LogP contribution in [-0.4, -0.2) is 53.0 Å². The van der Waals surface area contributed by atoms with Gasteiger partial charge in [-0.25, -0.2) is 19.3 Å². The number of fused-ring (bicyclic) bond motifs is 2. The van der Waals surface area contributed by atoms with Gasteiger partial charge in [-0.05, 0) is 25.0 Å². The van der Waals surface area contributed by atoms with Crippen LogP contribution in [0.4, 0.5) is 0 Å². The molecule has 0 aromatic carbocycles. The normalized spacial score (nSPS) is 15.0. The van der Waals surface area contributed by atoms with E-state index in [9.17, 15) is 14.9 Å². The number of carbonyl (C=O) groups excluding carboxylic acids is 1. The minimum absolute atomic E-state index is 0.0429. The topological polar surface area (TPSA) is 125 Å². The second-order valence-corrected chi connectivity index (χ2v) is 7.38. The molecule has 0 atom stereocenters. The molecule has 0 spiro atoms. The lowest BCUT2D eigenvalue weighted by Crippen LogP contribution is -2.39. The number of aromatic amines is 1. The Morgan fingerprint density at radius 2 is 2.10 bits per heavy atom. The highest BCUT2D eigenvalue weighted by Crippen LogP contribution is 2.27. The van der Waals surface area contributed by atoms with Crippen molar-refractivity contribution >= 4 is 22.6 Å². The van der Waals surface area contributed by atoms with Crippen LogP contribution in [0.2, 0.25) is 0 Å². The molecule has 0 bridgehead atoms. The van der Waals surface area contributed by atoms with Crippen LogP contribution < -0.4 is 5.69 Å². The zero-order valence-electron chi connectivity index (χ0n) is 16.2. The van der Waals surface area contributed by atoms with Gasteiger partial charge in [0, 0.05) is 32.3 Å². The van der Waals surface area contributed by atoms with Crippen molar-refractivity contribution in [3.05, 3.63) is 46.8 Å². The van der Waals surface area contributed by atoms with E-state index in [0.717, 1.165) is 0 Å². The van der Waals surface area contributed by atoms with E-state index >= 15 is 0 Å². The number of H-pyrrole nitrogens is 1. The van der Waals surface area contributed by atoms with Crippen molar-refractivity contribution in [1.82, 2.24) is 34.0 Å². The molecule has 0 saturated carbocycles. The molecule has 0 radical (unpaired) electrons. The van der Waals surface area contributed by atoms with Gasteiger partial charge in [-0.3, -0.25) is 9.36 Å². The Balaban J connectivity index is 1.59. The maximum Gasteiger partial charge on any atom is 0.327 e. The molecule has 150 valence electrons. The summed E-state index contributed by atoms with van der Waals surface area (Å²) in [6, 6.07) is 5.50. The van der Waals surface area contributed by atoms with Crippen LogP contribution in [0.15, 0.2) is 35.5 Å². The van der Waals surface area contributed by atoms with Gasteiger partial charge in [0.15, 0.2) is 11.5 Å². The van der Waals surface area contributed by atoms with E-state index in [1.54, 1.807) is 51.6 Å². The van der Waals surface area contributed by atoms with Crippen LogP contribution >= 0.6 is 0 Å². The number of piperidine rings is 1. The van der Waals surface area contributed by atoms with Crippen LogP contribution in [-0.2, 0) is 4.79 Å². The number of imidazole rings is 1. The van der Waals surface area contributed by atoms with Crippen LogP contribution in [0.1, 0.15) is 31.4 Å². The Labute approximate surface area is 170 Å². The lowest BCUT2D eigenvalue weighted by molar-refractivity contribution is -0.130. The highest BCUT2D eigenvalue weighted by atomic mass is 16.2. The summed E-state index contributed by atoms with van der Waals surface area (Å²) in [5, 5.41) is 13.5. The smallest absolute Gasteiger partial charge is 0.327 e. The molecule has 1 aliphatic rings. The second kappa shape index (κ2) is 6.81. The molecule has 0 unspecified atom stereocenters. The summed E-state index contributed by atoms with van der Waals surface area (Å²) in [5.74, 6) is 0.482. The lowest BCUT2D eigenvalue weighted by Gasteiger charge is -2.31. The number of hydrogen-bond acceptors (Lipinski definition) is 6. The van der Waals surface area contributed by atoms with Gasteiger partial charge in [-0.2, -0.15) is 10.4 Å². The molecule has 4 aromatic rings. The van der Waals surface area contributed by atoms with Gasteiger partial charge in [0.2, 0.25) is 5.91 Å². The number of rotatable bonds is 2. The third kappa shape index (κ3) is 2.83. The second-order valence-electron chi connectivity index (χ2n) is 7.38. The minimum atomic E-state index is -0.232. The number of nitrogens with one attached hydrogen (secondary N) is 1. The standard InChI is InChI=1S/C20H18N8O2/c1-12(29)26-5-3-14(4-6-26)28-19-16(24-20(28)30)11-22-18(25-19)15-10-23-27-7-2-13(9-21)8-17(15)27/h2,7-8,10-11,14H,3-6H2,1H3,(H,24,30). The Morgan fingerprint density at radius 3 is 2.83 bits per heavy atom. The number of amides is 1. The average Bonchev–Trinajstić information content (AvgIpc) is 3.32. The largest absolute Gasteiger partial charge is 0.343 e. The predicted molar refractivity (Wildman–Crippen MR) is 108 cm³/mol. The van der Waals surface area contributed by atoms with E-state index < -0.39 is 0 Å². The first-order chi connectivity index (χ1) is 14.5. The van der Waals surface area contributed by atoms with Gasteiger partial charge < -0.3 is 9.88 Å². The summed E-state index contributed by atoms with van der Waals surface area (Å²) in [6.45, 7) is 2.79. The third-order valence-corrected chi connectivity index (χ3v) is 5.62. The van der Waals surface area contributed by atoms with E-state index in [0.29, 0.717) is 59.6 Å². The van der Waals surface area contributed by atoms with E-state index in [4.69, 9.17) is 0 Å². The summed E-state index contributed by atoms with van der Waals surface area (Å²) < 4.78 is 3.33. The molecule has 30 heavy (non-hydrogen) atoms. The zero-order valence-corrected chi connectivity index (χ0v) is 16.2. The first-order valence-corrected chi connectivity index (χ1v) is 9.66. The first-order valence-electron chi connectivity index (χ1n) is 9.66. The highest BCUT2D eigenvalue weighted by molar-refractivity contribution is 5.80. The fraction of sp³-hybridized carbons (Fsp3) is 0.300. The molecule has 1 amide bonds. The molecule has 1 fully saturated rings. The SMILES string of the molecule is CC(=O)N1CCC(n2c(=O)[nH]c3cnc(-c4cnn5ccc(C#N)cc45)nc32)CC1. The number of hydrogen-bond donors (Lipinski definition) is 1. The molecule has 10 heteroatoms. The Bertz CT molecular complexity index is 1380. The summed E-state index contributed by atoms with van der Waals surface area (Å²) in [4.78, 5) is 38.0. The quantitative estimate of drug-likeness (QED) is 0.541. The van der Waals surface area contributed by atoms with Crippen LogP contribution in [0.5, 0.6) is 0 Å². The third-order valence-electron chi connectivity index (χ3n) is 5.62. The van der Waals surface area contributed by atoms with E-state index in [1.165, 1.54) is 0 Å². The van der Waals surface area contributed by atoms with Crippen LogP contribution in [0.3, 0.4) is 0 Å². The molecule has 5 rings (SSSR count). The van der Waals surface area contributed by atoms with E-state index in [2.05, 4.69) is 26.1 Å². The molecular formula is C20H18N8O2. The Hall–Kier alpha value is -4.00. The van der Waals surface area contributed by atoms with Gasteiger partial charge >= 0.3 is 5.69 Å². The number of aromatic nitrogens is 6. The van der Waals surface area contributed by atoms with Crippen molar-refractivity contribution < 1.29 is 4.79 Å². The molecular weight excluding hydrogens is 384 g/mol. The summed E-state index contributed by atoms with van der Waals surface area (Å²) in [5.41, 5.74) is 2.77. The molecule has 1 N–H and O–H groups in total. The lowest BCUT2D eigenvalue weighted by atomic mass is 10.0. The van der Waals surface area contributed by atoms with Crippen LogP contribution in [0, 0.1) is 11.3 Å². The van der Waals surface area contributed by atoms with E-state index in [1.807, 2.05) is 0 Å². The van der Waals surface area contributed by atoms with Crippen molar-refractivity contribution in [3.8, 4) is 17.5 Å².